The molecule has 1 saturated carbocycles. The Morgan fingerprint density at radius 2 is 1.79 bits per heavy atom. The highest BCUT2D eigenvalue weighted by Gasteiger charge is 2.17. The maximum absolute atomic E-state index is 6.12. The summed E-state index contributed by atoms with van der Waals surface area (Å²) in [5, 5.41) is 2.20. The molecule has 1 aliphatic carbocycles. The molecule has 2 nitrogen and oxygen atoms in total. The number of aromatic nitrogens is 2. The standard InChI is InChI=1S/C15H15ClN2S/c16-13-10-14(19-12-8-4-5-9-12)18-15(17-13)11-6-2-1-3-7-11/h1-3,6-7,10,12H,4-5,8-9H2. The monoisotopic (exact) mass is 290 g/mol. The van der Waals surface area contributed by atoms with Gasteiger partial charge in [-0.1, -0.05) is 54.8 Å². The molecule has 0 radical (unpaired) electrons. The van der Waals surface area contributed by atoms with E-state index in [0.717, 1.165) is 10.6 Å². The van der Waals surface area contributed by atoms with Crippen molar-refractivity contribution in [2.24, 2.45) is 0 Å². The first-order chi connectivity index (χ1) is 9.31. The van der Waals surface area contributed by atoms with Gasteiger partial charge in [-0.05, 0) is 12.8 Å². The SMILES string of the molecule is Clc1cc(SC2CCCC2)nc(-c2ccccc2)n1. The normalized spacial score (nSPS) is 15.8. The lowest BCUT2D eigenvalue weighted by Crippen LogP contribution is -1.97. The fraction of sp³-hybridized carbons (Fsp3) is 0.333. The van der Waals surface area contributed by atoms with Crippen LogP contribution in [0, 0.1) is 0 Å². The van der Waals surface area contributed by atoms with Crippen LogP contribution in [0.1, 0.15) is 25.7 Å². The minimum atomic E-state index is 0.523. The van der Waals surface area contributed by atoms with Gasteiger partial charge in [0.1, 0.15) is 10.2 Å². The van der Waals surface area contributed by atoms with E-state index in [1.807, 2.05) is 48.2 Å². The van der Waals surface area contributed by atoms with Gasteiger partial charge in [0, 0.05) is 16.9 Å². The largest absolute Gasteiger partial charge is 0.222 e. The lowest BCUT2D eigenvalue weighted by Gasteiger charge is -2.09. The van der Waals surface area contributed by atoms with Crippen LogP contribution in [0.5, 0.6) is 0 Å². The molecule has 1 fully saturated rings. The van der Waals surface area contributed by atoms with Crippen molar-refractivity contribution in [3.8, 4) is 11.4 Å². The molecule has 1 aliphatic rings. The molecule has 0 unspecified atom stereocenters. The Labute approximate surface area is 122 Å². The first-order valence-electron chi connectivity index (χ1n) is 6.58. The predicted octanol–water partition coefficient (Wildman–Crippen LogP) is 4.83. The molecule has 1 heterocycles. The fourth-order valence-corrected chi connectivity index (χ4v) is 3.83. The molecule has 19 heavy (non-hydrogen) atoms. The van der Waals surface area contributed by atoms with E-state index in [1.165, 1.54) is 25.7 Å². The molecule has 1 aromatic carbocycles. The van der Waals surface area contributed by atoms with Gasteiger partial charge < -0.3 is 0 Å². The lowest BCUT2D eigenvalue weighted by molar-refractivity contribution is 0.886. The number of hydrogen-bond acceptors (Lipinski definition) is 3. The summed E-state index contributed by atoms with van der Waals surface area (Å²) in [5.74, 6) is 0.716. The minimum Gasteiger partial charge on any atom is -0.222 e. The van der Waals surface area contributed by atoms with E-state index in [-0.39, 0.29) is 0 Å². The van der Waals surface area contributed by atoms with Crippen LogP contribution in [0.4, 0.5) is 0 Å². The number of rotatable bonds is 3. The molecule has 0 saturated heterocycles. The third-order valence-electron chi connectivity index (χ3n) is 3.29. The van der Waals surface area contributed by atoms with E-state index in [4.69, 9.17) is 11.6 Å². The van der Waals surface area contributed by atoms with Crippen molar-refractivity contribution in [2.75, 3.05) is 0 Å². The Bertz CT molecular complexity index is 553. The number of halogens is 1. The summed E-state index contributed by atoms with van der Waals surface area (Å²) in [5.41, 5.74) is 1.01. The van der Waals surface area contributed by atoms with Crippen molar-refractivity contribution in [3.05, 3.63) is 41.6 Å². The smallest absolute Gasteiger partial charge is 0.162 e. The second-order valence-electron chi connectivity index (χ2n) is 4.74. The topological polar surface area (TPSA) is 25.8 Å². The van der Waals surface area contributed by atoms with Crippen molar-refractivity contribution >= 4 is 23.4 Å². The minimum absolute atomic E-state index is 0.523. The first-order valence-corrected chi connectivity index (χ1v) is 7.84. The molecule has 3 rings (SSSR count). The Morgan fingerprint density at radius 1 is 1.05 bits per heavy atom. The van der Waals surface area contributed by atoms with E-state index in [9.17, 15) is 0 Å². The third kappa shape index (κ3) is 3.28. The number of nitrogens with zero attached hydrogens (tertiary/aromatic N) is 2. The summed E-state index contributed by atoms with van der Waals surface area (Å²) in [4.78, 5) is 8.95. The molecule has 0 bridgehead atoms. The number of benzene rings is 1. The zero-order chi connectivity index (χ0) is 13.1. The maximum atomic E-state index is 6.12. The van der Waals surface area contributed by atoms with Gasteiger partial charge in [-0.2, -0.15) is 0 Å². The number of thioether (sulfide) groups is 1. The van der Waals surface area contributed by atoms with Crippen molar-refractivity contribution in [3.63, 3.8) is 0 Å². The fourth-order valence-electron chi connectivity index (χ4n) is 2.35. The van der Waals surface area contributed by atoms with E-state index in [1.54, 1.807) is 0 Å². The molecule has 98 valence electrons. The molecular weight excluding hydrogens is 276 g/mol. The van der Waals surface area contributed by atoms with Crippen LogP contribution in [0.25, 0.3) is 11.4 Å². The van der Waals surface area contributed by atoms with Crippen molar-refractivity contribution in [1.29, 1.82) is 0 Å². The summed E-state index contributed by atoms with van der Waals surface area (Å²) in [7, 11) is 0. The van der Waals surface area contributed by atoms with Gasteiger partial charge in [-0.25, -0.2) is 9.97 Å². The number of hydrogen-bond donors (Lipinski definition) is 0. The second-order valence-corrected chi connectivity index (χ2v) is 6.45. The zero-order valence-electron chi connectivity index (χ0n) is 10.6. The molecule has 1 aromatic heterocycles. The summed E-state index contributed by atoms with van der Waals surface area (Å²) >= 11 is 7.96. The van der Waals surface area contributed by atoms with Crippen LogP contribution in [0.3, 0.4) is 0 Å². The average molecular weight is 291 g/mol. The van der Waals surface area contributed by atoms with E-state index >= 15 is 0 Å². The Balaban J connectivity index is 1.87. The van der Waals surface area contributed by atoms with Crippen molar-refractivity contribution in [2.45, 2.75) is 36.0 Å². The van der Waals surface area contributed by atoms with Crippen LogP contribution in [0.2, 0.25) is 5.15 Å². The van der Waals surface area contributed by atoms with Crippen LogP contribution in [0.15, 0.2) is 41.4 Å². The highest BCUT2D eigenvalue weighted by atomic mass is 35.5. The summed E-state index contributed by atoms with van der Waals surface area (Å²) in [6.45, 7) is 0. The summed E-state index contributed by atoms with van der Waals surface area (Å²) in [6.07, 6.45) is 5.24. The van der Waals surface area contributed by atoms with Crippen LogP contribution < -0.4 is 0 Å². The highest BCUT2D eigenvalue weighted by molar-refractivity contribution is 7.99. The molecule has 2 aromatic rings. The lowest BCUT2D eigenvalue weighted by atomic mass is 10.2. The zero-order valence-corrected chi connectivity index (χ0v) is 12.1. The van der Waals surface area contributed by atoms with Gasteiger partial charge in [0.25, 0.3) is 0 Å². The first kappa shape index (κ1) is 12.9. The summed E-state index contributed by atoms with van der Waals surface area (Å²) < 4.78 is 0. The van der Waals surface area contributed by atoms with Crippen LogP contribution >= 0.6 is 23.4 Å². The van der Waals surface area contributed by atoms with E-state index in [2.05, 4.69) is 9.97 Å². The Kier molecular flexibility index (Phi) is 4.04. The maximum Gasteiger partial charge on any atom is 0.162 e. The highest BCUT2D eigenvalue weighted by Crippen LogP contribution is 2.35. The second kappa shape index (κ2) is 5.93. The Morgan fingerprint density at radius 3 is 2.53 bits per heavy atom. The van der Waals surface area contributed by atoms with E-state index < -0.39 is 0 Å². The quantitative estimate of drug-likeness (QED) is 0.757. The van der Waals surface area contributed by atoms with Crippen molar-refractivity contribution in [1.82, 2.24) is 9.97 Å². The van der Waals surface area contributed by atoms with Gasteiger partial charge in [0.2, 0.25) is 0 Å². The van der Waals surface area contributed by atoms with Gasteiger partial charge in [0.05, 0.1) is 0 Å². The van der Waals surface area contributed by atoms with E-state index in [0.29, 0.717) is 16.2 Å². The van der Waals surface area contributed by atoms with Crippen molar-refractivity contribution < 1.29 is 0 Å². The average Bonchev–Trinajstić information content (AvgIpc) is 2.92. The van der Waals surface area contributed by atoms with Gasteiger partial charge in [0.15, 0.2) is 5.82 Å². The third-order valence-corrected chi connectivity index (χ3v) is 4.74. The molecular formula is C15H15ClN2S. The molecule has 0 N–H and O–H groups in total. The molecule has 4 heteroatoms. The Hall–Kier alpha value is -1.06. The molecule has 0 amide bonds. The molecule has 0 aliphatic heterocycles. The summed E-state index contributed by atoms with van der Waals surface area (Å²) in [6, 6.07) is 11.9. The van der Waals surface area contributed by atoms with Gasteiger partial charge >= 0.3 is 0 Å². The van der Waals surface area contributed by atoms with Gasteiger partial charge in [-0.3, -0.25) is 0 Å². The van der Waals surface area contributed by atoms with Gasteiger partial charge in [-0.15, -0.1) is 11.8 Å². The molecule has 0 spiro atoms. The molecule has 0 atom stereocenters. The predicted molar refractivity (Wildman–Crippen MR) is 80.6 cm³/mol. The van der Waals surface area contributed by atoms with Crippen LogP contribution in [-0.2, 0) is 0 Å². The van der Waals surface area contributed by atoms with Crippen LogP contribution in [-0.4, -0.2) is 15.2 Å².